The first-order valence-corrected chi connectivity index (χ1v) is 8.32. The van der Waals surface area contributed by atoms with Gasteiger partial charge in [0, 0.05) is 18.7 Å². The molecule has 2 aromatic carbocycles. The molecule has 3 rings (SSSR count). The van der Waals surface area contributed by atoms with E-state index in [1.54, 1.807) is 0 Å². The average molecular weight is 325 g/mol. The minimum Gasteiger partial charge on any atom is -0.489 e. The van der Waals surface area contributed by atoms with Crippen LogP contribution in [0.2, 0.25) is 0 Å². The zero-order valence-electron chi connectivity index (χ0n) is 14.0. The second kappa shape index (κ2) is 8.08. The van der Waals surface area contributed by atoms with Gasteiger partial charge in [-0.05, 0) is 36.8 Å². The van der Waals surface area contributed by atoms with Crippen molar-refractivity contribution in [2.45, 2.75) is 13.5 Å². The number of carbonyl (C=O) groups is 1. The summed E-state index contributed by atoms with van der Waals surface area (Å²) in [5.74, 6) is 0.917. The predicted molar refractivity (Wildman–Crippen MR) is 93.5 cm³/mol. The van der Waals surface area contributed by atoms with Gasteiger partial charge in [0.25, 0.3) is 0 Å². The van der Waals surface area contributed by atoms with Crippen LogP contribution in [0.1, 0.15) is 21.5 Å². The van der Waals surface area contributed by atoms with E-state index in [1.165, 1.54) is 5.56 Å². The van der Waals surface area contributed by atoms with Crippen molar-refractivity contribution in [3.63, 3.8) is 0 Å². The first-order chi connectivity index (χ1) is 11.7. The number of morpholine rings is 1. The number of ketones is 1. The summed E-state index contributed by atoms with van der Waals surface area (Å²) >= 11 is 0. The lowest BCUT2D eigenvalue weighted by molar-refractivity contribution is 0.0371. The highest BCUT2D eigenvalue weighted by molar-refractivity contribution is 5.97. The zero-order valence-corrected chi connectivity index (χ0v) is 14.0. The van der Waals surface area contributed by atoms with E-state index in [1.807, 2.05) is 24.3 Å². The second-order valence-electron chi connectivity index (χ2n) is 6.11. The average Bonchev–Trinajstić information content (AvgIpc) is 2.62. The van der Waals surface area contributed by atoms with Gasteiger partial charge >= 0.3 is 0 Å². The third kappa shape index (κ3) is 4.66. The Bertz CT molecular complexity index is 658. The van der Waals surface area contributed by atoms with E-state index in [4.69, 9.17) is 9.47 Å². The molecular formula is C20H23NO3. The van der Waals surface area contributed by atoms with Crippen molar-refractivity contribution >= 4 is 5.78 Å². The van der Waals surface area contributed by atoms with Gasteiger partial charge in [0.15, 0.2) is 5.78 Å². The van der Waals surface area contributed by atoms with Crippen LogP contribution in [0.3, 0.4) is 0 Å². The maximum Gasteiger partial charge on any atom is 0.176 e. The Hall–Kier alpha value is -2.17. The highest BCUT2D eigenvalue weighted by atomic mass is 16.5. The highest BCUT2D eigenvalue weighted by Crippen LogP contribution is 2.15. The van der Waals surface area contributed by atoms with Crippen LogP contribution in [0.25, 0.3) is 0 Å². The van der Waals surface area contributed by atoms with E-state index in [0.717, 1.165) is 30.0 Å². The normalized spacial score (nSPS) is 15.2. The summed E-state index contributed by atoms with van der Waals surface area (Å²) in [6.07, 6.45) is 0. The molecule has 0 atom stereocenters. The van der Waals surface area contributed by atoms with Crippen molar-refractivity contribution in [3.05, 3.63) is 65.2 Å². The number of benzene rings is 2. The fourth-order valence-electron chi connectivity index (χ4n) is 2.64. The quantitative estimate of drug-likeness (QED) is 0.765. The van der Waals surface area contributed by atoms with Gasteiger partial charge in [-0.15, -0.1) is 0 Å². The summed E-state index contributed by atoms with van der Waals surface area (Å²) in [5, 5.41) is 0. The minimum absolute atomic E-state index is 0.141. The molecule has 4 nitrogen and oxygen atoms in total. The molecule has 1 fully saturated rings. The SMILES string of the molecule is Cc1ccc(COc2ccc(C(=O)CN3CCOCC3)cc2)cc1. The lowest BCUT2D eigenvalue weighted by atomic mass is 10.1. The number of hydrogen-bond donors (Lipinski definition) is 0. The molecular weight excluding hydrogens is 302 g/mol. The van der Waals surface area contributed by atoms with E-state index in [-0.39, 0.29) is 5.78 Å². The maximum absolute atomic E-state index is 12.3. The van der Waals surface area contributed by atoms with Crippen LogP contribution in [0.15, 0.2) is 48.5 Å². The van der Waals surface area contributed by atoms with Crippen LogP contribution < -0.4 is 4.74 Å². The molecule has 0 unspecified atom stereocenters. The van der Waals surface area contributed by atoms with Crippen LogP contribution in [0.5, 0.6) is 5.75 Å². The summed E-state index contributed by atoms with van der Waals surface area (Å²) in [7, 11) is 0. The molecule has 0 aliphatic carbocycles. The molecule has 0 radical (unpaired) electrons. The minimum atomic E-state index is 0.141. The van der Waals surface area contributed by atoms with Crippen LogP contribution in [-0.2, 0) is 11.3 Å². The van der Waals surface area contributed by atoms with Gasteiger partial charge in [0.05, 0.1) is 19.8 Å². The molecule has 2 aromatic rings. The number of nitrogens with zero attached hydrogens (tertiary/aromatic N) is 1. The van der Waals surface area contributed by atoms with Crippen LogP contribution in [0.4, 0.5) is 0 Å². The molecule has 0 saturated carbocycles. The van der Waals surface area contributed by atoms with E-state index in [2.05, 4.69) is 36.1 Å². The van der Waals surface area contributed by atoms with Gasteiger partial charge in [0.1, 0.15) is 12.4 Å². The fraction of sp³-hybridized carbons (Fsp3) is 0.350. The van der Waals surface area contributed by atoms with Crippen molar-refractivity contribution in [1.82, 2.24) is 4.90 Å². The molecule has 0 amide bonds. The van der Waals surface area contributed by atoms with Crippen molar-refractivity contribution in [2.75, 3.05) is 32.8 Å². The smallest absolute Gasteiger partial charge is 0.176 e. The topological polar surface area (TPSA) is 38.8 Å². The number of rotatable bonds is 6. The molecule has 126 valence electrons. The monoisotopic (exact) mass is 325 g/mol. The molecule has 1 saturated heterocycles. The van der Waals surface area contributed by atoms with Crippen molar-refractivity contribution in [2.24, 2.45) is 0 Å². The van der Waals surface area contributed by atoms with Crippen LogP contribution in [0, 0.1) is 6.92 Å². The van der Waals surface area contributed by atoms with Crippen molar-refractivity contribution in [1.29, 1.82) is 0 Å². The number of ether oxygens (including phenoxy) is 2. The Kier molecular flexibility index (Phi) is 5.62. The molecule has 0 aromatic heterocycles. The predicted octanol–water partition coefficient (Wildman–Crippen LogP) is 3.09. The summed E-state index contributed by atoms with van der Waals surface area (Å²) in [6, 6.07) is 15.7. The number of aryl methyl sites for hydroxylation is 1. The third-order valence-corrected chi connectivity index (χ3v) is 4.17. The van der Waals surface area contributed by atoms with Gasteiger partial charge in [-0.3, -0.25) is 9.69 Å². The standard InChI is InChI=1S/C20H23NO3/c1-16-2-4-17(5-3-16)15-24-19-8-6-18(7-9-19)20(22)14-21-10-12-23-13-11-21/h2-9H,10-15H2,1H3. The first kappa shape index (κ1) is 16.7. The lowest BCUT2D eigenvalue weighted by Crippen LogP contribution is -2.39. The summed E-state index contributed by atoms with van der Waals surface area (Å²) in [5.41, 5.74) is 3.10. The molecule has 1 aliphatic rings. The van der Waals surface area contributed by atoms with Crippen LogP contribution >= 0.6 is 0 Å². The van der Waals surface area contributed by atoms with Crippen LogP contribution in [-0.4, -0.2) is 43.5 Å². The number of hydrogen-bond acceptors (Lipinski definition) is 4. The molecule has 0 spiro atoms. The van der Waals surface area contributed by atoms with Gasteiger partial charge in [-0.25, -0.2) is 0 Å². The molecule has 24 heavy (non-hydrogen) atoms. The van der Waals surface area contributed by atoms with E-state index in [9.17, 15) is 4.79 Å². The zero-order chi connectivity index (χ0) is 16.8. The van der Waals surface area contributed by atoms with E-state index < -0.39 is 0 Å². The number of Topliss-reactive ketones (excluding diaryl/α,β-unsaturated/α-hetero) is 1. The Labute approximate surface area is 143 Å². The lowest BCUT2D eigenvalue weighted by Gasteiger charge is -2.25. The molecule has 1 heterocycles. The second-order valence-corrected chi connectivity index (χ2v) is 6.11. The maximum atomic E-state index is 12.3. The van der Waals surface area contributed by atoms with Crippen molar-refractivity contribution < 1.29 is 14.3 Å². The number of carbonyl (C=O) groups excluding carboxylic acids is 1. The van der Waals surface area contributed by atoms with Gasteiger partial charge in [-0.1, -0.05) is 29.8 Å². The molecule has 0 N–H and O–H groups in total. The van der Waals surface area contributed by atoms with E-state index >= 15 is 0 Å². The fourth-order valence-corrected chi connectivity index (χ4v) is 2.64. The third-order valence-electron chi connectivity index (χ3n) is 4.17. The summed E-state index contributed by atoms with van der Waals surface area (Å²) in [4.78, 5) is 14.4. The van der Waals surface area contributed by atoms with Crippen molar-refractivity contribution in [3.8, 4) is 5.75 Å². The summed E-state index contributed by atoms with van der Waals surface area (Å²) < 4.78 is 11.1. The Morgan fingerprint density at radius 3 is 2.38 bits per heavy atom. The first-order valence-electron chi connectivity index (χ1n) is 8.32. The molecule has 4 heteroatoms. The highest BCUT2D eigenvalue weighted by Gasteiger charge is 2.15. The Balaban J connectivity index is 1.52. The largest absolute Gasteiger partial charge is 0.489 e. The van der Waals surface area contributed by atoms with Gasteiger partial charge in [-0.2, -0.15) is 0 Å². The molecule has 0 bridgehead atoms. The van der Waals surface area contributed by atoms with Gasteiger partial charge < -0.3 is 9.47 Å². The van der Waals surface area contributed by atoms with E-state index in [0.29, 0.717) is 26.4 Å². The Morgan fingerprint density at radius 1 is 1.04 bits per heavy atom. The Morgan fingerprint density at radius 2 is 1.71 bits per heavy atom. The van der Waals surface area contributed by atoms with Gasteiger partial charge in [0.2, 0.25) is 0 Å². The molecule has 1 aliphatic heterocycles. The summed E-state index contributed by atoms with van der Waals surface area (Å²) in [6.45, 7) is 6.11.